The molecule has 0 rings (SSSR count). The number of ether oxygens (including phenoxy) is 3. The molecular formula is C58H102O6. The second-order valence-electron chi connectivity index (χ2n) is 18.1. The fourth-order valence-corrected chi connectivity index (χ4v) is 7.73. The second-order valence-corrected chi connectivity index (χ2v) is 18.1. The Hall–Kier alpha value is -2.89. The standard InChI is InChI=1S/C58H102O6/c1-4-7-10-13-16-19-22-25-27-29-30-32-33-36-39-42-45-48-51-57(60)63-54-55(53-62-56(59)50-47-44-41-38-35-24-21-18-15-12-9-6-3)64-58(61)52-49-46-43-40-37-34-31-28-26-23-20-17-14-11-8-5-2/h8-9,11-12,17-18,20-21,26,28,55H,4-7,10,13-16,19,22-25,27,29-54H2,1-3H3/b11-8-,12-9-,20-17-,21-18-,28-26-. The Bertz CT molecular complexity index is 1170. The summed E-state index contributed by atoms with van der Waals surface area (Å²) < 4.78 is 16.8. The number of unbranched alkanes of at least 4 members (excludes halogenated alkanes) is 28. The molecule has 0 fully saturated rings. The smallest absolute Gasteiger partial charge is 0.306 e. The van der Waals surface area contributed by atoms with Crippen LogP contribution < -0.4 is 0 Å². The second kappa shape index (κ2) is 52.7. The van der Waals surface area contributed by atoms with E-state index in [0.717, 1.165) is 122 Å². The average Bonchev–Trinajstić information content (AvgIpc) is 3.29. The van der Waals surface area contributed by atoms with E-state index in [2.05, 4.69) is 81.5 Å². The Kier molecular flexibility index (Phi) is 50.4. The lowest BCUT2D eigenvalue weighted by Crippen LogP contribution is -2.30. The molecule has 64 heavy (non-hydrogen) atoms. The van der Waals surface area contributed by atoms with Gasteiger partial charge in [-0.05, 0) is 77.0 Å². The van der Waals surface area contributed by atoms with E-state index in [1.165, 1.54) is 109 Å². The van der Waals surface area contributed by atoms with Crippen LogP contribution in [0.1, 0.15) is 271 Å². The molecule has 0 amide bonds. The Morgan fingerprint density at radius 1 is 0.328 bits per heavy atom. The van der Waals surface area contributed by atoms with Gasteiger partial charge in [-0.1, -0.05) is 236 Å². The van der Waals surface area contributed by atoms with Gasteiger partial charge in [-0.25, -0.2) is 0 Å². The Balaban J connectivity index is 4.36. The maximum atomic E-state index is 12.8. The minimum atomic E-state index is -0.785. The van der Waals surface area contributed by atoms with E-state index in [1.807, 2.05) is 0 Å². The molecule has 0 aliphatic rings. The van der Waals surface area contributed by atoms with E-state index in [9.17, 15) is 14.4 Å². The molecule has 0 saturated carbocycles. The number of allylic oxidation sites excluding steroid dienone is 10. The topological polar surface area (TPSA) is 78.9 Å². The lowest BCUT2D eigenvalue weighted by molar-refractivity contribution is -0.167. The highest BCUT2D eigenvalue weighted by Crippen LogP contribution is 2.16. The maximum Gasteiger partial charge on any atom is 0.306 e. The Morgan fingerprint density at radius 2 is 0.609 bits per heavy atom. The van der Waals surface area contributed by atoms with Crippen LogP contribution in [-0.2, 0) is 28.6 Å². The summed E-state index contributed by atoms with van der Waals surface area (Å²) in [4.78, 5) is 38.0. The lowest BCUT2D eigenvalue weighted by Gasteiger charge is -2.18. The molecule has 0 aromatic heterocycles. The molecule has 0 N–H and O–H groups in total. The van der Waals surface area contributed by atoms with Crippen molar-refractivity contribution >= 4 is 17.9 Å². The zero-order valence-electron chi connectivity index (χ0n) is 42.3. The van der Waals surface area contributed by atoms with Gasteiger partial charge in [0.15, 0.2) is 6.10 Å². The Labute approximate surface area is 396 Å². The van der Waals surface area contributed by atoms with Crippen LogP contribution in [0.4, 0.5) is 0 Å². The van der Waals surface area contributed by atoms with Crippen LogP contribution in [0.15, 0.2) is 60.8 Å². The van der Waals surface area contributed by atoms with Crippen molar-refractivity contribution in [2.75, 3.05) is 13.2 Å². The van der Waals surface area contributed by atoms with Crippen molar-refractivity contribution in [3.63, 3.8) is 0 Å². The van der Waals surface area contributed by atoms with Crippen molar-refractivity contribution in [2.24, 2.45) is 0 Å². The average molecular weight is 895 g/mol. The summed E-state index contributed by atoms with van der Waals surface area (Å²) in [7, 11) is 0. The number of rotatable bonds is 49. The quantitative estimate of drug-likeness (QED) is 0.0262. The molecule has 1 atom stereocenters. The Morgan fingerprint density at radius 3 is 0.953 bits per heavy atom. The predicted octanol–water partition coefficient (Wildman–Crippen LogP) is 18.0. The highest BCUT2D eigenvalue weighted by atomic mass is 16.6. The third-order valence-corrected chi connectivity index (χ3v) is 11.8. The first-order valence-electron chi connectivity index (χ1n) is 27.3. The van der Waals surface area contributed by atoms with Gasteiger partial charge in [-0.3, -0.25) is 14.4 Å². The van der Waals surface area contributed by atoms with E-state index in [0.29, 0.717) is 19.3 Å². The molecule has 0 aromatic rings. The van der Waals surface area contributed by atoms with Crippen molar-refractivity contribution in [3.05, 3.63) is 60.8 Å². The van der Waals surface area contributed by atoms with Crippen LogP contribution in [0.25, 0.3) is 0 Å². The molecule has 0 radical (unpaired) electrons. The van der Waals surface area contributed by atoms with E-state index in [1.54, 1.807) is 0 Å². The molecule has 0 aromatic carbocycles. The zero-order chi connectivity index (χ0) is 46.5. The highest BCUT2D eigenvalue weighted by molar-refractivity contribution is 5.71. The van der Waals surface area contributed by atoms with E-state index in [4.69, 9.17) is 14.2 Å². The molecule has 0 bridgehead atoms. The van der Waals surface area contributed by atoms with Gasteiger partial charge in [0, 0.05) is 19.3 Å². The molecule has 1 unspecified atom stereocenters. The summed E-state index contributed by atoms with van der Waals surface area (Å²) in [6.45, 7) is 6.42. The maximum absolute atomic E-state index is 12.8. The summed E-state index contributed by atoms with van der Waals surface area (Å²) in [5.74, 6) is -0.902. The van der Waals surface area contributed by atoms with Crippen molar-refractivity contribution in [3.8, 4) is 0 Å². The van der Waals surface area contributed by atoms with E-state index >= 15 is 0 Å². The van der Waals surface area contributed by atoms with Gasteiger partial charge in [0.2, 0.25) is 0 Å². The number of esters is 3. The molecule has 6 nitrogen and oxygen atoms in total. The van der Waals surface area contributed by atoms with Crippen LogP contribution in [-0.4, -0.2) is 37.2 Å². The molecule has 0 spiro atoms. The van der Waals surface area contributed by atoms with Gasteiger partial charge >= 0.3 is 17.9 Å². The molecular weight excluding hydrogens is 793 g/mol. The van der Waals surface area contributed by atoms with Crippen molar-refractivity contribution in [2.45, 2.75) is 277 Å². The van der Waals surface area contributed by atoms with Gasteiger partial charge in [0.25, 0.3) is 0 Å². The molecule has 6 heteroatoms. The summed E-state index contributed by atoms with van der Waals surface area (Å²) in [5.41, 5.74) is 0. The van der Waals surface area contributed by atoms with Crippen LogP contribution in [0.3, 0.4) is 0 Å². The molecule has 370 valence electrons. The SMILES string of the molecule is CC/C=C\C/C=C\C/C=C\CCCCCCCCC(=O)OC(COC(=O)CCCCCCC/C=C\C/C=C\CC)COC(=O)CCCCCCCCCCCCCCCCCCCC. The first-order chi connectivity index (χ1) is 31.5. The molecule has 0 aliphatic heterocycles. The predicted molar refractivity (Wildman–Crippen MR) is 275 cm³/mol. The van der Waals surface area contributed by atoms with Crippen molar-refractivity contribution in [1.82, 2.24) is 0 Å². The molecule has 0 heterocycles. The normalized spacial score (nSPS) is 12.5. The monoisotopic (exact) mass is 895 g/mol. The summed E-state index contributed by atoms with van der Waals surface area (Å²) in [6.07, 6.45) is 65.0. The van der Waals surface area contributed by atoms with Crippen molar-refractivity contribution < 1.29 is 28.6 Å². The largest absolute Gasteiger partial charge is 0.462 e. The molecule has 0 saturated heterocycles. The van der Waals surface area contributed by atoms with Gasteiger partial charge in [-0.2, -0.15) is 0 Å². The number of hydrogen-bond donors (Lipinski definition) is 0. The van der Waals surface area contributed by atoms with Gasteiger partial charge < -0.3 is 14.2 Å². The van der Waals surface area contributed by atoms with Crippen LogP contribution in [0, 0.1) is 0 Å². The third kappa shape index (κ3) is 50.1. The number of carbonyl (C=O) groups excluding carboxylic acids is 3. The van der Waals surface area contributed by atoms with Gasteiger partial charge in [-0.15, -0.1) is 0 Å². The summed E-state index contributed by atoms with van der Waals surface area (Å²) in [6, 6.07) is 0. The minimum Gasteiger partial charge on any atom is -0.462 e. The van der Waals surface area contributed by atoms with Crippen LogP contribution in [0.2, 0.25) is 0 Å². The minimum absolute atomic E-state index is 0.0821. The van der Waals surface area contributed by atoms with E-state index in [-0.39, 0.29) is 31.1 Å². The number of hydrogen-bond acceptors (Lipinski definition) is 6. The highest BCUT2D eigenvalue weighted by Gasteiger charge is 2.19. The lowest BCUT2D eigenvalue weighted by atomic mass is 10.0. The van der Waals surface area contributed by atoms with Crippen molar-refractivity contribution in [1.29, 1.82) is 0 Å². The molecule has 0 aliphatic carbocycles. The van der Waals surface area contributed by atoms with Crippen LogP contribution >= 0.6 is 0 Å². The first-order valence-corrected chi connectivity index (χ1v) is 27.3. The summed E-state index contributed by atoms with van der Waals surface area (Å²) in [5, 5.41) is 0. The summed E-state index contributed by atoms with van der Waals surface area (Å²) >= 11 is 0. The fraction of sp³-hybridized carbons (Fsp3) is 0.776. The van der Waals surface area contributed by atoms with Crippen LogP contribution in [0.5, 0.6) is 0 Å². The number of carbonyl (C=O) groups is 3. The van der Waals surface area contributed by atoms with Gasteiger partial charge in [0.1, 0.15) is 13.2 Å². The fourth-order valence-electron chi connectivity index (χ4n) is 7.73. The third-order valence-electron chi connectivity index (χ3n) is 11.8. The first kappa shape index (κ1) is 61.1. The van der Waals surface area contributed by atoms with E-state index < -0.39 is 6.10 Å². The van der Waals surface area contributed by atoms with Gasteiger partial charge in [0.05, 0.1) is 0 Å². The zero-order valence-corrected chi connectivity index (χ0v) is 42.3.